The number of thiophene rings is 1. The Morgan fingerprint density at radius 3 is 2.56 bits per heavy atom. The van der Waals surface area contributed by atoms with Crippen LogP contribution in [-0.2, 0) is 20.9 Å². The van der Waals surface area contributed by atoms with Crippen molar-refractivity contribution in [2.75, 3.05) is 11.5 Å². The monoisotopic (exact) mass is 445 g/mol. The van der Waals surface area contributed by atoms with E-state index in [1.165, 1.54) is 0 Å². The molecule has 0 aliphatic carbocycles. The number of anilines is 1. The van der Waals surface area contributed by atoms with Crippen LogP contribution in [-0.4, -0.2) is 28.0 Å². The second kappa shape index (κ2) is 8.24. The summed E-state index contributed by atoms with van der Waals surface area (Å²) in [5, 5.41) is 1.99. The number of benzene rings is 2. The summed E-state index contributed by atoms with van der Waals surface area (Å²) in [5.74, 6) is -1.22. The number of fused-ring (bicyclic) bond motifs is 3. The van der Waals surface area contributed by atoms with E-state index in [9.17, 15) is 9.59 Å². The number of hydrogen-bond acceptors (Lipinski definition) is 5. The number of carbonyl (C=O) groups is 2. The number of esters is 1. The molecular formula is C25H23N3O3S. The Bertz CT molecular complexity index is 1290. The Kier molecular flexibility index (Phi) is 5.27. The van der Waals surface area contributed by atoms with Gasteiger partial charge in [0.05, 0.1) is 30.2 Å². The van der Waals surface area contributed by atoms with Crippen molar-refractivity contribution in [1.29, 1.82) is 0 Å². The van der Waals surface area contributed by atoms with Crippen LogP contribution in [0.1, 0.15) is 29.0 Å². The average Bonchev–Trinajstić information content (AvgIpc) is 3.39. The van der Waals surface area contributed by atoms with Gasteiger partial charge in [-0.05, 0) is 48.6 Å². The lowest BCUT2D eigenvalue weighted by Crippen LogP contribution is -2.49. The summed E-state index contributed by atoms with van der Waals surface area (Å²) in [6, 6.07) is 19.1. The zero-order valence-electron chi connectivity index (χ0n) is 17.9. The number of aryl methyl sites for hydroxylation is 1. The smallest absolute Gasteiger partial charge is 0.321 e. The lowest BCUT2D eigenvalue weighted by atomic mass is 9.92. The first-order valence-corrected chi connectivity index (χ1v) is 11.5. The van der Waals surface area contributed by atoms with Gasteiger partial charge in [0.2, 0.25) is 11.9 Å². The predicted octanol–water partition coefficient (Wildman–Crippen LogP) is 4.72. The number of nitrogens with zero attached hydrogens (tertiary/aromatic N) is 3. The molecule has 3 heterocycles. The van der Waals surface area contributed by atoms with E-state index in [1.807, 2.05) is 77.5 Å². The second-order valence-corrected chi connectivity index (χ2v) is 8.77. The number of carbonyl (C=O) groups excluding carboxylic acids is 2. The van der Waals surface area contributed by atoms with E-state index in [1.54, 1.807) is 23.2 Å². The van der Waals surface area contributed by atoms with Gasteiger partial charge in [0, 0.05) is 4.88 Å². The highest BCUT2D eigenvalue weighted by Crippen LogP contribution is 2.44. The van der Waals surface area contributed by atoms with Crippen molar-refractivity contribution in [3.05, 3.63) is 82.0 Å². The standard InChI is InChI=1S/C25H23N3O3S/c1-3-31-24(30)20-21(22-16(2)13-14-32-22)28-19-12-8-7-11-18(19)26-25(28)27(23(20)29)15-17-9-5-4-6-10-17/h4-14,20-21H,3,15H2,1-2H3/t20-,21-/m0/s1. The normalized spacial score (nSPS) is 18.1. The molecule has 0 unspecified atom stereocenters. The topological polar surface area (TPSA) is 64.4 Å². The van der Waals surface area contributed by atoms with E-state index in [0.717, 1.165) is 27.0 Å². The molecule has 4 aromatic rings. The van der Waals surface area contributed by atoms with E-state index in [4.69, 9.17) is 9.72 Å². The van der Waals surface area contributed by atoms with Crippen molar-refractivity contribution in [2.24, 2.45) is 5.92 Å². The van der Waals surface area contributed by atoms with Gasteiger partial charge in [-0.15, -0.1) is 11.3 Å². The summed E-state index contributed by atoms with van der Waals surface area (Å²) in [5.41, 5.74) is 3.69. The first-order chi connectivity index (χ1) is 15.6. The number of hydrogen-bond donors (Lipinski definition) is 0. The highest BCUT2D eigenvalue weighted by molar-refractivity contribution is 7.10. The van der Waals surface area contributed by atoms with Gasteiger partial charge in [0.15, 0.2) is 5.92 Å². The van der Waals surface area contributed by atoms with Crippen LogP contribution in [0.4, 0.5) is 5.95 Å². The zero-order chi connectivity index (χ0) is 22.2. The summed E-state index contributed by atoms with van der Waals surface area (Å²) in [7, 11) is 0. The highest BCUT2D eigenvalue weighted by Gasteiger charge is 2.48. The summed E-state index contributed by atoms with van der Waals surface area (Å²) >= 11 is 1.55. The number of imidazole rings is 1. The zero-order valence-corrected chi connectivity index (χ0v) is 18.7. The van der Waals surface area contributed by atoms with Crippen LogP contribution in [0.5, 0.6) is 0 Å². The minimum Gasteiger partial charge on any atom is -0.465 e. The number of para-hydroxylation sites is 2. The van der Waals surface area contributed by atoms with Crippen LogP contribution in [0.3, 0.4) is 0 Å². The van der Waals surface area contributed by atoms with Crippen LogP contribution < -0.4 is 4.90 Å². The molecule has 0 saturated carbocycles. The number of aromatic nitrogens is 2. The largest absolute Gasteiger partial charge is 0.465 e. The molecule has 0 saturated heterocycles. The molecule has 0 radical (unpaired) electrons. The fraction of sp³-hybridized carbons (Fsp3) is 0.240. The minimum atomic E-state index is -0.985. The molecule has 1 amide bonds. The molecule has 0 fully saturated rings. The Labute approximate surface area is 190 Å². The van der Waals surface area contributed by atoms with Crippen LogP contribution in [0, 0.1) is 12.8 Å². The summed E-state index contributed by atoms with van der Waals surface area (Å²) in [6.45, 7) is 4.31. The maximum atomic E-state index is 13.9. The van der Waals surface area contributed by atoms with Gasteiger partial charge in [0.1, 0.15) is 0 Å². The van der Waals surface area contributed by atoms with E-state index in [2.05, 4.69) is 0 Å². The molecule has 7 heteroatoms. The minimum absolute atomic E-state index is 0.217. The van der Waals surface area contributed by atoms with Crippen molar-refractivity contribution in [2.45, 2.75) is 26.4 Å². The van der Waals surface area contributed by atoms with Crippen molar-refractivity contribution < 1.29 is 14.3 Å². The molecule has 5 rings (SSSR count). The number of amides is 1. The third kappa shape index (κ3) is 3.29. The molecule has 162 valence electrons. The van der Waals surface area contributed by atoms with Crippen LogP contribution in [0.25, 0.3) is 11.0 Å². The lowest BCUT2D eigenvalue weighted by Gasteiger charge is -2.37. The summed E-state index contributed by atoms with van der Waals surface area (Å²) < 4.78 is 7.45. The molecule has 0 spiro atoms. The van der Waals surface area contributed by atoms with Gasteiger partial charge in [-0.25, -0.2) is 4.98 Å². The fourth-order valence-electron chi connectivity index (χ4n) is 4.38. The molecule has 1 aliphatic heterocycles. The van der Waals surface area contributed by atoms with E-state index < -0.39 is 17.9 Å². The van der Waals surface area contributed by atoms with Crippen LogP contribution in [0.2, 0.25) is 0 Å². The van der Waals surface area contributed by atoms with Gasteiger partial charge >= 0.3 is 5.97 Å². The van der Waals surface area contributed by atoms with Crippen molar-refractivity contribution in [3.8, 4) is 0 Å². The van der Waals surface area contributed by atoms with Crippen molar-refractivity contribution in [1.82, 2.24) is 9.55 Å². The Balaban J connectivity index is 1.76. The van der Waals surface area contributed by atoms with Gasteiger partial charge in [-0.3, -0.25) is 19.1 Å². The third-order valence-electron chi connectivity index (χ3n) is 5.84. The molecule has 1 aliphatic rings. The predicted molar refractivity (Wildman–Crippen MR) is 125 cm³/mol. The average molecular weight is 446 g/mol. The Morgan fingerprint density at radius 2 is 1.84 bits per heavy atom. The van der Waals surface area contributed by atoms with E-state index >= 15 is 0 Å². The molecule has 0 N–H and O–H groups in total. The molecule has 6 nitrogen and oxygen atoms in total. The first-order valence-electron chi connectivity index (χ1n) is 10.6. The van der Waals surface area contributed by atoms with E-state index in [0.29, 0.717) is 12.5 Å². The number of rotatable bonds is 5. The summed E-state index contributed by atoms with van der Waals surface area (Å²) in [6.07, 6.45) is 0. The van der Waals surface area contributed by atoms with Crippen LogP contribution >= 0.6 is 11.3 Å². The van der Waals surface area contributed by atoms with Crippen molar-refractivity contribution in [3.63, 3.8) is 0 Å². The number of ether oxygens (including phenoxy) is 1. The molecule has 2 atom stereocenters. The molecule has 2 aromatic heterocycles. The fourth-order valence-corrected chi connectivity index (χ4v) is 5.43. The maximum Gasteiger partial charge on any atom is 0.321 e. The third-order valence-corrected chi connectivity index (χ3v) is 6.93. The molecule has 2 aromatic carbocycles. The molecule has 0 bridgehead atoms. The second-order valence-electron chi connectivity index (χ2n) is 7.82. The van der Waals surface area contributed by atoms with Gasteiger partial charge in [-0.2, -0.15) is 0 Å². The highest BCUT2D eigenvalue weighted by atomic mass is 32.1. The first kappa shape index (κ1) is 20.5. The van der Waals surface area contributed by atoms with Gasteiger partial charge < -0.3 is 4.74 Å². The SMILES string of the molecule is CCOC(=O)[C@@H]1C(=O)N(Cc2ccccc2)c2nc3ccccc3n2[C@@H]1c1sccc1C. The summed E-state index contributed by atoms with van der Waals surface area (Å²) in [4.78, 5) is 34.5. The van der Waals surface area contributed by atoms with E-state index in [-0.39, 0.29) is 12.5 Å². The quantitative estimate of drug-likeness (QED) is 0.329. The lowest BCUT2D eigenvalue weighted by molar-refractivity contribution is -0.153. The van der Waals surface area contributed by atoms with Crippen LogP contribution in [0.15, 0.2) is 66.0 Å². The molecular weight excluding hydrogens is 422 g/mol. The Hall–Kier alpha value is -3.45. The maximum absolute atomic E-state index is 13.9. The Morgan fingerprint density at radius 1 is 1.09 bits per heavy atom. The van der Waals surface area contributed by atoms with Gasteiger partial charge in [0.25, 0.3) is 0 Å². The van der Waals surface area contributed by atoms with Gasteiger partial charge in [-0.1, -0.05) is 42.5 Å². The molecule has 32 heavy (non-hydrogen) atoms. The van der Waals surface area contributed by atoms with Crippen molar-refractivity contribution >= 4 is 40.2 Å².